The molecule has 4 nitrogen and oxygen atoms in total. The summed E-state index contributed by atoms with van der Waals surface area (Å²) in [5.74, 6) is 0.734. The van der Waals surface area contributed by atoms with Crippen molar-refractivity contribution in [2.24, 2.45) is 0 Å². The summed E-state index contributed by atoms with van der Waals surface area (Å²) in [5.41, 5.74) is 3.68. The maximum atomic E-state index is 11.7. The van der Waals surface area contributed by atoms with Crippen molar-refractivity contribution in [1.29, 1.82) is 0 Å². The van der Waals surface area contributed by atoms with E-state index in [1.807, 2.05) is 37.4 Å². The highest BCUT2D eigenvalue weighted by Crippen LogP contribution is 2.32. The SMILES string of the molecule is Cc1cc(=O)oc2cc(OCCCCc3ccccc3[Si](c3ccccn3)(C(C)C)C(C)C)ccc12. The van der Waals surface area contributed by atoms with Gasteiger partial charge in [-0.15, -0.1) is 0 Å². The van der Waals surface area contributed by atoms with Crippen LogP contribution < -0.4 is 20.9 Å². The van der Waals surface area contributed by atoms with Gasteiger partial charge in [0.1, 0.15) is 19.4 Å². The first-order valence-corrected chi connectivity index (χ1v) is 15.2. The number of benzene rings is 2. The number of hydrogen-bond donors (Lipinski definition) is 0. The normalized spacial score (nSPS) is 12.0. The fourth-order valence-electron chi connectivity index (χ4n) is 5.77. The van der Waals surface area contributed by atoms with Gasteiger partial charge in [0.2, 0.25) is 0 Å². The van der Waals surface area contributed by atoms with Crippen LogP contribution >= 0.6 is 0 Å². The number of ether oxygens (including phenoxy) is 1. The second kappa shape index (κ2) is 11.3. The summed E-state index contributed by atoms with van der Waals surface area (Å²) >= 11 is 0. The summed E-state index contributed by atoms with van der Waals surface area (Å²) < 4.78 is 11.4. The van der Waals surface area contributed by atoms with Crippen molar-refractivity contribution in [2.45, 2.75) is 65.0 Å². The van der Waals surface area contributed by atoms with E-state index in [0.717, 1.165) is 36.0 Å². The zero-order valence-electron chi connectivity index (χ0n) is 22.1. The van der Waals surface area contributed by atoms with E-state index in [-0.39, 0.29) is 5.63 Å². The molecule has 0 atom stereocenters. The van der Waals surface area contributed by atoms with Crippen molar-refractivity contribution in [3.63, 3.8) is 0 Å². The lowest BCUT2D eigenvalue weighted by Gasteiger charge is -2.40. The van der Waals surface area contributed by atoms with Crippen LogP contribution in [0, 0.1) is 6.92 Å². The maximum Gasteiger partial charge on any atom is 0.336 e. The summed E-state index contributed by atoms with van der Waals surface area (Å²) in [7, 11) is -2.08. The molecule has 0 unspecified atom stereocenters. The third-order valence-electron chi connectivity index (χ3n) is 7.41. The van der Waals surface area contributed by atoms with Gasteiger partial charge in [0.05, 0.1) is 6.61 Å². The Labute approximate surface area is 215 Å². The van der Waals surface area contributed by atoms with Crippen molar-refractivity contribution in [2.75, 3.05) is 6.61 Å². The minimum atomic E-state index is -2.08. The van der Waals surface area contributed by atoms with Crippen LogP contribution in [0.4, 0.5) is 0 Å². The molecule has 0 radical (unpaired) electrons. The van der Waals surface area contributed by atoms with E-state index in [9.17, 15) is 4.79 Å². The van der Waals surface area contributed by atoms with E-state index in [1.165, 1.54) is 22.1 Å². The minimum Gasteiger partial charge on any atom is -0.493 e. The molecule has 0 bridgehead atoms. The highest BCUT2D eigenvalue weighted by molar-refractivity contribution is 7.03. The summed E-state index contributed by atoms with van der Waals surface area (Å²) in [6.07, 6.45) is 4.96. The van der Waals surface area contributed by atoms with Gasteiger partial charge in [0.15, 0.2) is 0 Å². The largest absolute Gasteiger partial charge is 0.493 e. The number of hydrogen-bond acceptors (Lipinski definition) is 4. The van der Waals surface area contributed by atoms with E-state index in [2.05, 4.69) is 64.1 Å². The van der Waals surface area contributed by atoms with Crippen molar-refractivity contribution in [3.05, 3.63) is 94.5 Å². The third kappa shape index (κ3) is 5.17. The molecule has 0 aliphatic rings. The van der Waals surface area contributed by atoms with Gasteiger partial charge in [0, 0.05) is 29.0 Å². The molecule has 4 rings (SSSR count). The van der Waals surface area contributed by atoms with Crippen molar-refractivity contribution >= 4 is 29.5 Å². The van der Waals surface area contributed by atoms with E-state index in [0.29, 0.717) is 23.3 Å². The Morgan fingerprint density at radius 3 is 2.39 bits per heavy atom. The lowest BCUT2D eigenvalue weighted by atomic mass is 10.1. The van der Waals surface area contributed by atoms with Crippen LogP contribution in [0.15, 0.2) is 82.1 Å². The smallest absolute Gasteiger partial charge is 0.336 e. The highest BCUT2D eigenvalue weighted by atomic mass is 28.3. The molecular weight excluding hydrogens is 462 g/mol. The molecule has 2 aromatic carbocycles. The lowest BCUT2D eigenvalue weighted by molar-refractivity contribution is 0.307. The number of unbranched alkanes of at least 4 members (excludes halogenated alkanes) is 1. The molecule has 2 aromatic heterocycles. The van der Waals surface area contributed by atoms with Crippen molar-refractivity contribution in [3.8, 4) is 5.75 Å². The molecule has 5 heteroatoms. The Morgan fingerprint density at radius 2 is 1.67 bits per heavy atom. The highest BCUT2D eigenvalue weighted by Gasteiger charge is 2.45. The molecule has 0 saturated heterocycles. The first-order chi connectivity index (χ1) is 17.3. The lowest BCUT2D eigenvalue weighted by Crippen LogP contribution is -2.64. The number of aryl methyl sites for hydroxylation is 2. The Kier molecular flexibility index (Phi) is 8.10. The van der Waals surface area contributed by atoms with Crippen LogP contribution in [0.3, 0.4) is 0 Å². The molecule has 0 N–H and O–H groups in total. The molecule has 0 amide bonds. The topological polar surface area (TPSA) is 52.3 Å². The zero-order chi connectivity index (χ0) is 25.7. The van der Waals surface area contributed by atoms with Crippen LogP contribution in [0.1, 0.15) is 51.7 Å². The van der Waals surface area contributed by atoms with E-state index in [4.69, 9.17) is 14.1 Å². The number of rotatable bonds is 10. The summed E-state index contributed by atoms with van der Waals surface area (Å²) in [6, 6.07) is 22.6. The number of pyridine rings is 1. The van der Waals surface area contributed by atoms with Crippen molar-refractivity contribution in [1.82, 2.24) is 4.98 Å². The molecule has 2 heterocycles. The molecule has 4 aromatic rings. The van der Waals surface area contributed by atoms with E-state index in [1.54, 1.807) is 0 Å². The van der Waals surface area contributed by atoms with E-state index < -0.39 is 8.07 Å². The van der Waals surface area contributed by atoms with Gasteiger partial charge in [-0.2, -0.15) is 0 Å². The molecule has 36 heavy (non-hydrogen) atoms. The maximum absolute atomic E-state index is 11.7. The Hall–Kier alpha value is -3.18. The number of nitrogens with zero attached hydrogens (tertiary/aromatic N) is 1. The second-order valence-electron chi connectivity index (χ2n) is 10.3. The number of aromatic nitrogens is 1. The van der Waals surface area contributed by atoms with Gasteiger partial charge >= 0.3 is 5.63 Å². The molecule has 188 valence electrons. The molecule has 0 saturated carbocycles. The Bertz CT molecular complexity index is 1350. The van der Waals surface area contributed by atoms with Gasteiger partial charge in [-0.3, -0.25) is 4.98 Å². The Balaban J connectivity index is 1.47. The average molecular weight is 500 g/mol. The van der Waals surface area contributed by atoms with Crippen LogP contribution in [0.5, 0.6) is 5.75 Å². The van der Waals surface area contributed by atoms with Crippen LogP contribution in [-0.4, -0.2) is 19.7 Å². The molecular formula is C31H37NO3Si. The number of fused-ring (bicyclic) bond motifs is 1. The predicted octanol–water partition coefficient (Wildman–Crippen LogP) is 6.28. The van der Waals surface area contributed by atoms with Gasteiger partial charge in [-0.25, -0.2) is 4.79 Å². The predicted molar refractivity (Wildman–Crippen MR) is 152 cm³/mol. The quantitative estimate of drug-likeness (QED) is 0.146. The first kappa shape index (κ1) is 25.9. The van der Waals surface area contributed by atoms with Gasteiger partial charge in [-0.05, 0) is 77.8 Å². The van der Waals surface area contributed by atoms with Crippen LogP contribution in [0.25, 0.3) is 11.0 Å². The standard InChI is InChI=1S/C31H37NO3Si/c1-22(2)36(23(3)4,30-15-8-10-18-32-30)29-14-7-6-12-25(29)13-9-11-19-34-26-16-17-27-24(5)20-31(33)35-28(27)21-26/h6-8,10,12,14-18,20-23H,9,11,13,19H2,1-5H3. The fourth-order valence-corrected chi connectivity index (χ4v) is 11.6. The summed E-state index contributed by atoms with van der Waals surface area (Å²) in [6.45, 7) is 12.0. The van der Waals surface area contributed by atoms with Crippen LogP contribution in [-0.2, 0) is 6.42 Å². The molecule has 0 aliphatic heterocycles. The van der Waals surface area contributed by atoms with Gasteiger partial charge in [-0.1, -0.05) is 58.0 Å². The minimum absolute atomic E-state index is 0.330. The fraction of sp³-hybridized carbons (Fsp3) is 0.355. The van der Waals surface area contributed by atoms with Crippen LogP contribution in [0.2, 0.25) is 11.1 Å². The Morgan fingerprint density at radius 1 is 0.917 bits per heavy atom. The monoisotopic (exact) mass is 499 g/mol. The summed E-state index contributed by atoms with van der Waals surface area (Å²) in [4.78, 5) is 16.6. The van der Waals surface area contributed by atoms with Gasteiger partial charge in [0.25, 0.3) is 0 Å². The van der Waals surface area contributed by atoms with Crippen molar-refractivity contribution < 1.29 is 9.15 Å². The van der Waals surface area contributed by atoms with Gasteiger partial charge < -0.3 is 9.15 Å². The molecule has 0 aliphatic carbocycles. The third-order valence-corrected chi connectivity index (χ3v) is 13.6. The average Bonchev–Trinajstić information content (AvgIpc) is 2.85. The zero-order valence-corrected chi connectivity index (χ0v) is 23.1. The van der Waals surface area contributed by atoms with E-state index >= 15 is 0 Å². The summed E-state index contributed by atoms with van der Waals surface area (Å²) in [5, 5.41) is 3.74. The second-order valence-corrected chi connectivity index (χ2v) is 15.4. The molecule has 0 fully saturated rings. The first-order valence-electron chi connectivity index (χ1n) is 13.0. The molecule has 0 spiro atoms.